The van der Waals surface area contributed by atoms with Crippen molar-refractivity contribution >= 4 is 29.6 Å². The van der Waals surface area contributed by atoms with Crippen molar-refractivity contribution in [2.24, 2.45) is 5.92 Å². The van der Waals surface area contributed by atoms with Crippen LogP contribution >= 0.6 is 0 Å². The van der Waals surface area contributed by atoms with E-state index in [2.05, 4.69) is 15.5 Å². The van der Waals surface area contributed by atoms with E-state index in [1.807, 2.05) is 80.3 Å². The van der Waals surface area contributed by atoms with E-state index in [9.17, 15) is 34.2 Å². The number of carbonyl (C=O) groups excluding carboxylic acids is 5. The molecule has 5 atom stereocenters. The van der Waals surface area contributed by atoms with Gasteiger partial charge in [0.05, 0.1) is 18.2 Å². The van der Waals surface area contributed by atoms with Crippen LogP contribution in [-0.2, 0) is 41.7 Å². The number of benzene rings is 2. The van der Waals surface area contributed by atoms with Gasteiger partial charge in [-0.25, -0.2) is 4.79 Å². The Bertz CT molecular complexity index is 1550. The molecule has 0 spiro atoms. The number of hydrogen-bond donors (Lipinski definition) is 4. The van der Waals surface area contributed by atoms with Gasteiger partial charge in [-0.2, -0.15) is 0 Å². The first kappa shape index (κ1) is 38.1. The molecular weight excluding hydrogens is 654 g/mol. The van der Waals surface area contributed by atoms with Crippen molar-refractivity contribution in [2.75, 3.05) is 32.7 Å². The zero-order valence-corrected chi connectivity index (χ0v) is 29.8. The highest BCUT2D eigenvalue weighted by atomic mass is 16.7. The SMILES string of the molecule is CC(C)(C)NC(=O)[C@@H]1CN(CCCC(=O)ON2C(=O)CCC2=O)CCN1C[C@@H](O)C[C@@H](Cc1ccccc1)C(=O)N[C@H]1c2ccccc2C[C@H]1O. The lowest BCUT2D eigenvalue weighted by atomic mass is 9.91. The Balaban J connectivity index is 1.21. The van der Waals surface area contributed by atoms with Gasteiger partial charge in [-0.15, -0.1) is 5.06 Å². The average molecular weight is 706 g/mol. The molecule has 2 fully saturated rings. The van der Waals surface area contributed by atoms with Gasteiger partial charge < -0.3 is 25.7 Å². The Morgan fingerprint density at radius 1 is 0.980 bits per heavy atom. The number of hydrogen-bond acceptors (Lipinski definition) is 10. The molecule has 0 aromatic heterocycles. The highest BCUT2D eigenvalue weighted by Crippen LogP contribution is 2.32. The van der Waals surface area contributed by atoms with Gasteiger partial charge in [0.1, 0.15) is 6.04 Å². The monoisotopic (exact) mass is 705 g/mol. The van der Waals surface area contributed by atoms with Gasteiger partial charge in [0.25, 0.3) is 11.8 Å². The molecule has 3 aliphatic rings. The smallest absolute Gasteiger partial charge is 0.333 e. The van der Waals surface area contributed by atoms with E-state index in [-0.39, 0.29) is 44.0 Å². The average Bonchev–Trinajstić information content (AvgIpc) is 3.57. The summed E-state index contributed by atoms with van der Waals surface area (Å²) in [7, 11) is 0. The van der Waals surface area contributed by atoms with Crippen LogP contribution in [0.15, 0.2) is 54.6 Å². The lowest BCUT2D eigenvalue weighted by Gasteiger charge is -2.42. The second kappa shape index (κ2) is 16.9. The molecule has 4 amide bonds. The maximum atomic E-state index is 13.8. The van der Waals surface area contributed by atoms with E-state index in [4.69, 9.17) is 4.84 Å². The van der Waals surface area contributed by atoms with Crippen molar-refractivity contribution in [1.29, 1.82) is 0 Å². The van der Waals surface area contributed by atoms with Gasteiger partial charge in [0.15, 0.2) is 0 Å². The van der Waals surface area contributed by atoms with Crippen LogP contribution in [-0.4, -0.2) is 111 Å². The molecule has 5 rings (SSSR count). The maximum absolute atomic E-state index is 13.8. The van der Waals surface area contributed by atoms with Crippen LogP contribution in [0.25, 0.3) is 0 Å². The van der Waals surface area contributed by atoms with Crippen molar-refractivity contribution in [2.45, 2.75) is 95.5 Å². The number of aliphatic hydroxyl groups excluding tert-OH is 2. The van der Waals surface area contributed by atoms with Gasteiger partial charge in [-0.3, -0.25) is 29.0 Å². The number of amides is 4. The zero-order chi connectivity index (χ0) is 36.7. The minimum absolute atomic E-state index is 0.00315. The third-order valence-electron chi connectivity index (χ3n) is 9.63. The third kappa shape index (κ3) is 10.4. The second-order valence-corrected chi connectivity index (χ2v) is 14.9. The minimum atomic E-state index is -0.924. The van der Waals surface area contributed by atoms with E-state index in [0.717, 1.165) is 16.7 Å². The lowest BCUT2D eigenvalue weighted by Crippen LogP contribution is -2.62. The summed E-state index contributed by atoms with van der Waals surface area (Å²) in [5.74, 6) is -2.73. The molecule has 51 heavy (non-hydrogen) atoms. The third-order valence-corrected chi connectivity index (χ3v) is 9.63. The predicted molar refractivity (Wildman–Crippen MR) is 187 cm³/mol. The number of nitrogens with one attached hydrogen (secondary N) is 2. The summed E-state index contributed by atoms with van der Waals surface area (Å²) in [6, 6.07) is 16.2. The number of imide groups is 1. The zero-order valence-electron chi connectivity index (χ0n) is 29.8. The van der Waals surface area contributed by atoms with Gasteiger partial charge in [-0.05, 0) is 63.3 Å². The molecule has 2 heterocycles. The van der Waals surface area contributed by atoms with E-state index in [0.29, 0.717) is 50.5 Å². The quantitative estimate of drug-likeness (QED) is 0.212. The summed E-state index contributed by atoms with van der Waals surface area (Å²) < 4.78 is 0. The fraction of sp³-hybridized carbons (Fsp3) is 0.553. The largest absolute Gasteiger partial charge is 0.392 e. The first-order valence-electron chi connectivity index (χ1n) is 17.9. The van der Waals surface area contributed by atoms with Gasteiger partial charge in [0.2, 0.25) is 11.8 Å². The standard InChI is InChI=1S/C38H51N5O8/c1-38(2,3)40-37(50)30-24-41(17-9-14-34(48)51-43-32(46)15-16-33(43)47)18-19-42(30)23-28(44)21-27(20-25-10-5-4-6-11-25)36(49)39-35-29-13-8-7-12-26(29)22-31(35)45/h4-8,10-13,27-28,30-31,35,44-45H,9,14-24H2,1-3H3,(H,39,49)(H,40,50)/t27-,28+,30+,31-,35+/m1/s1. The van der Waals surface area contributed by atoms with E-state index < -0.39 is 53.5 Å². The fourth-order valence-electron chi connectivity index (χ4n) is 7.13. The number of rotatable bonds is 14. The topological polar surface area (TPSA) is 169 Å². The molecule has 4 N–H and O–H groups in total. The number of fused-ring (bicyclic) bond motifs is 1. The first-order valence-corrected chi connectivity index (χ1v) is 17.9. The van der Waals surface area contributed by atoms with Crippen molar-refractivity contribution in [1.82, 2.24) is 25.5 Å². The molecular formula is C38H51N5O8. The molecule has 0 bridgehead atoms. The van der Waals surface area contributed by atoms with Crippen molar-refractivity contribution in [3.8, 4) is 0 Å². The first-order chi connectivity index (χ1) is 24.3. The number of hydroxylamine groups is 2. The lowest BCUT2D eigenvalue weighted by molar-refractivity contribution is -0.197. The molecule has 0 saturated carbocycles. The Morgan fingerprint density at radius 3 is 2.37 bits per heavy atom. The second-order valence-electron chi connectivity index (χ2n) is 14.9. The van der Waals surface area contributed by atoms with Crippen molar-refractivity contribution in [3.05, 3.63) is 71.3 Å². The molecule has 2 aliphatic heterocycles. The van der Waals surface area contributed by atoms with E-state index in [1.165, 1.54) is 0 Å². The molecule has 0 radical (unpaired) electrons. The summed E-state index contributed by atoms with van der Waals surface area (Å²) >= 11 is 0. The molecule has 1 aliphatic carbocycles. The number of carbonyl (C=O) groups is 5. The highest BCUT2D eigenvalue weighted by Gasteiger charge is 2.38. The van der Waals surface area contributed by atoms with Gasteiger partial charge >= 0.3 is 5.97 Å². The summed E-state index contributed by atoms with van der Waals surface area (Å²) in [6.07, 6.45) is -0.176. The molecule has 2 aromatic rings. The number of aliphatic hydroxyl groups is 2. The summed E-state index contributed by atoms with van der Waals surface area (Å²) in [6.45, 7) is 7.78. The number of β-amino-alcohol motifs (C(OH)–C–C–N with tert-alkyl or cyclic N) is 1. The molecule has 13 nitrogen and oxygen atoms in total. The van der Waals surface area contributed by atoms with Crippen LogP contribution in [0.4, 0.5) is 0 Å². The van der Waals surface area contributed by atoms with Crippen LogP contribution < -0.4 is 10.6 Å². The minimum Gasteiger partial charge on any atom is -0.392 e. The Hall–Kier alpha value is -4.17. The van der Waals surface area contributed by atoms with Gasteiger partial charge in [0, 0.05) is 63.3 Å². The predicted octanol–water partition coefficient (Wildman–Crippen LogP) is 1.66. The fourth-order valence-corrected chi connectivity index (χ4v) is 7.13. The Kier molecular flexibility index (Phi) is 12.6. The maximum Gasteiger partial charge on any atom is 0.333 e. The van der Waals surface area contributed by atoms with Crippen LogP contribution in [0, 0.1) is 5.92 Å². The summed E-state index contributed by atoms with van der Waals surface area (Å²) in [5, 5.41) is 29.0. The van der Waals surface area contributed by atoms with E-state index in [1.54, 1.807) is 0 Å². The number of piperazine rings is 1. The molecule has 276 valence electrons. The normalized spacial score (nSPS) is 22.4. The van der Waals surface area contributed by atoms with Crippen LogP contribution in [0.1, 0.15) is 75.6 Å². The molecule has 0 unspecified atom stereocenters. The van der Waals surface area contributed by atoms with Crippen molar-refractivity contribution < 1.29 is 39.0 Å². The highest BCUT2D eigenvalue weighted by molar-refractivity contribution is 6.01. The molecule has 2 aromatic carbocycles. The number of nitrogens with zero attached hydrogens (tertiary/aromatic N) is 3. The summed E-state index contributed by atoms with van der Waals surface area (Å²) in [5.41, 5.74) is 2.37. The van der Waals surface area contributed by atoms with Crippen LogP contribution in [0.3, 0.4) is 0 Å². The van der Waals surface area contributed by atoms with Gasteiger partial charge in [-0.1, -0.05) is 54.6 Å². The van der Waals surface area contributed by atoms with Crippen LogP contribution in [0.5, 0.6) is 0 Å². The van der Waals surface area contributed by atoms with Crippen molar-refractivity contribution in [3.63, 3.8) is 0 Å². The Morgan fingerprint density at radius 2 is 1.67 bits per heavy atom. The van der Waals surface area contributed by atoms with E-state index >= 15 is 0 Å². The summed E-state index contributed by atoms with van der Waals surface area (Å²) in [4.78, 5) is 72.3. The molecule has 13 heteroatoms. The Labute approximate surface area is 299 Å². The molecule has 2 saturated heterocycles. The van der Waals surface area contributed by atoms with Crippen LogP contribution in [0.2, 0.25) is 0 Å².